The first-order valence-corrected chi connectivity index (χ1v) is 8.03. The summed E-state index contributed by atoms with van der Waals surface area (Å²) in [5.41, 5.74) is 1.93. The average molecular weight is 323 g/mol. The van der Waals surface area contributed by atoms with Gasteiger partial charge in [0.2, 0.25) is 0 Å². The minimum atomic E-state index is -0.698. The summed E-state index contributed by atoms with van der Waals surface area (Å²) < 4.78 is 0. The molecule has 1 N–H and O–H groups in total. The van der Waals surface area contributed by atoms with E-state index in [0.29, 0.717) is 11.6 Å². The molecule has 1 fully saturated rings. The van der Waals surface area contributed by atoms with Crippen LogP contribution in [0.5, 0.6) is 0 Å². The van der Waals surface area contributed by atoms with Gasteiger partial charge in [0.1, 0.15) is 5.01 Å². The number of benzene rings is 1. The van der Waals surface area contributed by atoms with Crippen LogP contribution in [-0.2, 0) is 11.3 Å². The molecule has 0 amide bonds. The standard InChI is InChI=1S/C15H15ClN2O2S/c16-12-3-1-2-10(6-12)13-9-21-14(17-13)8-18-5-4-11(7-18)15(19)20/h1-3,6,9,11H,4-5,7-8H2,(H,19,20). The van der Waals surface area contributed by atoms with Crippen molar-refractivity contribution in [3.05, 3.63) is 39.7 Å². The molecule has 0 radical (unpaired) electrons. The van der Waals surface area contributed by atoms with Gasteiger partial charge in [0.05, 0.1) is 18.2 Å². The van der Waals surface area contributed by atoms with Crippen molar-refractivity contribution in [2.75, 3.05) is 13.1 Å². The molecule has 1 aliphatic heterocycles. The lowest BCUT2D eigenvalue weighted by Gasteiger charge is -2.12. The average Bonchev–Trinajstić information content (AvgIpc) is 3.08. The van der Waals surface area contributed by atoms with Crippen molar-refractivity contribution in [2.24, 2.45) is 5.92 Å². The number of likely N-dealkylation sites (tertiary alicyclic amines) is 1. The van der Waals surface area contributed by atoms with Gasteiger partial charge >= 0.3 is 5.97 Å². The van der Waals surface area contributed by atoms with Gasteiger partial charge in [-0.2, -0.15) is 0 Å². The molecule has 4 nitrogen and oxygen atoms in total. The first kappa shape index (κ1) is 14.5. The van der Waals surface area contributed by atoms with E-state index in [4.69, 9.17) is 16.7 Å². The lowest BCUT2D eigenvalue weighted by Crippen LogP contribution is -2.22. The lowest BCUT2D eigenvalue weighted by molar-refractivity contribution is -0.141. The molecule has 3 rings (SSSR count). The molecule has 2 heterocycles. The van der Waals surface area contributed by atoms with Gasteiger partial charge in [-0.1, -0.05) is 23.7 Å². The minimum absolute atomic E-state index is 0.239. The number of carboxylic acids is 1. The highest BCUT2D eigenvalue weighted by molar-refractivity contribution is 7.09. The maximum Gasteiger partial charge on any atom is 0.307 e. The van der Waals surface area contributed by atoms with Gasteiger partial charge in [-0.05, 0) is 25.1 Å². The molecule has 21 heavy (non-hydrogen) atoms. The lowest BCUT2D eigenvalue weighted by atomic mass is 10.1. The van der Waals surface area contributed by atoms with Crippen LogP contribution < -0.4 is 0 Å². The second-order valence-corrected chi connectivity index (χ2v) is 6.57. The maximum atomic E-state index is 11.0. The van der Waals surface area contributed by atoms with E-state index < -0.39 is 5.97 Å². The quantitative estimate of drug-likeness (QED) is 0.937. The Labute approximate surface area is 132 Å². The summed E-state index contributed by atoms with van der Waals surface area (Å²) in [5, 5.41) is 12.8. The third-order valence-corrected chi connectivity index (χ3v) is 4.72. The van der Waals surface area contributed by atoms with Crippen LogP contribution in [0, 0.1) is 5.92 Å². The van der Waals surface area contributed by atoms with E-state index in [0.717, 1.165) is 35.8 Å². The van der Waals surface area contributed by atoms with Gasteiger partial charge < -0.3 is 5.11 Å². The molecule has 6 heteroatoms. The van der Waals surface area contributed by atoms with E-state index in [1.807, 2.05) is 29.6 Å². The Bertz CT molecular complexity index is 659. The molecule has 1 unspecified atom stereocenters. The van der Waals surface area contributed by atoms with Crippen molar-refractivity contribution >= 4 is 28.9 Å². The zero-order valence-corrected chi connectivity index (χ0v) is 12.9. The molecule has 1 aromatic carbocycles. The molecular weight excluding hydrogens is 308 g/mol. The molecule has 0 aliphatic carbocycles. The third-order valence-electron chi connectivity index (χ3n) is 3.65. The molecule has 1 aliphatic rings. The van der Waals surface area contributed by atoms with E-state index in [1.54, 1.807) is 11.3 Å². The second kappa shape index (κ2) is 6.13. The summed E-state index contributed by atoms with van der Waals surface area (Å²) in [6.45, 7) is 2.15. The maximum absolute atomic E-state index is 11.0. The van der Waals surface area contributed by atoms with E-state index in [2.05, 4.69) is 9.88 Å². The molecular formula is C15H15ClN2O2S. The van der Waals surface area contributed by atoms with Crippen LogP contribution in [0.4, 0.5) is 0 Å². The van der Waals surface area contributed by atoms with Crippen molar-refractivity contribution in [1.82, 2.24) is 9.88 Å². The van der Waals surface area contributed by atoms with Gasteiger partial charge in [-0.3, -0.25) is 9.69 Å². The summed E-state index contributed by atoms with van der Waals surface area (Å²) in [5.74, 6) is -0.936. The number of hydrogen-bond acceptors (Lipinski definition) is 4. The molecule has 110 valence electrons. The van der Waals surface area contributed by atoms with Crippen molar-refractivity contribution in [3.8, 4) is 11.3 Å². The van der Waals surface area contributed by atoms with E-state index in [1.165, 1.54) is 0 Å². The Hall–Kier alpha value is -1.43. The Morgan fingerprint density at radius 2 is 2.38 bits per heavy atom. The Kier molecular flexibility index (Phi) is 4.24. The van der Waals surface area contributed by atoms with Crippen molar-refractivity contribution in [2.45, 2.75) is 13.0 Å². The fourth-order valence-corrected chi connectivity index (χ4v) is 3.57. The van der Waals surface area contributed by atoms with Crippen LogP contribution in [0.3, 0.4) is 0 Å². The summed E-state index contributed by atoms with van der Waals surface area (Å²) >= 11 is 7.60. The number of aromatic nitrogens is 1. The summed E-state index contributed by atoms with van der Waals surface area (Å²) in [4.78, 5) is 17.7. The summed E-state index contributed by atoms with van der Waals surface area (Å²) in [6, 6.07) is 7.64. The first-order valence-electron chi connectivity index (χ1n) is 6.77. The SMILES string of the molecule is O=C(O)C1CCN(Cc2nc(-c3cccc(Cl)c3)cs2)C1. The van der Waals surface area contributed by atoms with E-state index in [9.17, 15) is 4.79 Å². The zero-order chi connectivity index (χ0) is 14.8. The van der Waals surface area contributed by atoms with Crippen LogP contribution in [0.15, 0.2) is 29.6 Å². The number of thiazole rings is 1. The molecule has 0 bridgehead atoms. The Balaban J connectivity index is 1.67. The van der Waals surface area contributed by atoms with Crippen LogP contribution >= 0.6 is 22.9 Å². The number of rotatable bonds is 4. The minimum Gasteiger partial charge on any atom is -0.481 e. The number of carbonyl (C=O) groups is 1. The molecule has 1 atom stereocenters. The summed E-state index contributed by atoms with van der Waals surface area (Å²) in [6.07, 6.45) is 0.724. The number of aliphatic carboxylic acids is 1. The van der Waals surface area contributed by atoms with Crippen molar-refractivity contribution in [1.29, 1.82) is 0 Å². The number of carboxylic acid groups (broad SMARTS) is 1. The fourth-order valence-electron chi connectivity index (χ4n) is 2.53. The molecule has 1 aromatic heterocycles. The van der Waals surface area contributed by atoms with Gasteiger partial charge in [0, 0.05) is 22.5 Å². The third kappa shape index (κ3) is 3.43. The van der Waals surface area contributed by atoms with Gasteiger partial charge in [0.25, 0.3) is 0 Å². The highest BCUT2D eigenvalue weighted by atomic mass is 35.5. The van der Waals surface area contributed by atoms with Crippen LogP contribution in [0.1, 0.15) is 11.4 Å². The number of hydrogen-bond donors (Lipinski definition) is 1. The van der Waals surface area contributed by atoms with Gasteiger partial charge in [-0.15, -0.1) is 11.3 Å². The van der Waals surface area contributed by atoms with Crippen LogP contribution in [0.25, 0.3) is 11.3 Å². The predicted octanol–water partition coefficient (Wildman–Crippen LogP) is 3.37. The Morgan fingerprint density at radius 1 is 1.52 bits per heavy atom. The van der Waals surface area contributed by atoms with Crippen molar-refractivity contribution < 1.29 is 9.90 Å². The fraction of sp³-hybridized carbons (Fsp3) is 0.333. The van der Waals surface area contributed by atoms with E-state index in [-0.39, 0.29) is 5.92 Å². The molecule has 1 saturated heterocycles. The normalized spacial score (nSPS) is 19.0. The highest BCUT2D eigenvalue weighted by Gasteiger charge is 2.28. The highest BCUT2D eigenvalue weighted by Crippen LogP contribution is 2.26. The van der Waals surface area contributed by atoms with Crippen molar-refractivity contribution in [3.63, 3.8) is 0 Å². The molecule has 2 aromatic rings. The van der Waals surface area contributed by atoms with E-state index >= 15 is 0 Å². The van der Waals surface area contributed by atoms with Gasteiger partial charge in [0.15, 0.2) is 0 Å². The van der Waals surface area contributed by atoms with Crippen LogP contribution in [-0.4, -0.2) is 34.0 Å². The summed E-state index contributed by atoms with van der Waals surface area (Å²) in [7, 11) is 0. The number of nitrogens with zero attached hydrogens (tertiary/aromatic N) is 2. The number of halogens is 1. The molecule has 0 spiro atoms. The first-order chi connectivity index (χ1) is 10.1. The monoisotopic (exact) mass is 322 g/mol. The topological polar surface area (TPSA) is 53.4 Å². The second-order valence-electron chi connectivity index (χ2n) is 5.20. The zero-order valence-electron chi connectivity index (χ0n) is 11.3. The van der Waals surface area contributed by atoms with Crippen LogP contribution in [0.2, 0.25) is 5.02 Å². The van der Waals surface area contributed by atoms with Gasteiger partial charge in [-0.25, -0.2) is 4.98 Å². The molecule has 0 saturated carbocycles. The predicted molar refractivity (Wildman–Crippen MR) is 83.6 cm³/mol. The largest absolute Gasteiger partial charge is 0.481 e. The smallest absolute Gasteiger partial charge is 0.307 e. The Morgan fingerprint density at radius 3 is 3.10 bits per heavy atom.